The van der Waals surface area contributed by atoms with Crippen molar-refractivity contribution in [1.82, 2.24) is 0 Å². The molecule has 0 bridgehead atoms. The van der Waals surface area contributed by atoms with Crippen LogP contribution in [-0.2, 0) is 19.1 Å². The van der Waals surface area contributed by atoms with Gasteiger partial charge >= 0.3 is 11.9 Å². The third-order valence-corrected chi connectivity index (χ3v) is 8.48. The van der Waals surface area contributed by atoms with Crippen LogP contribution in [0.5, 0.6) is 0 Å². The molecule has 0 saturated carbocycles. The second-order valence-electron chi connectivity index (χ2n) is 13.3. The maximum Gasteiger partial charge on any atom is 0.306 e. The van der Waals surface area contributed by atoms with E-state index in [1.807, 2.05) is 0 Å². The first-order valence-corrected chi connectivity index (χ1v) is 20.5. The predicted molar refractivity (Wildman–Crippen MR) is 214 cm³/mol. The number of allylic oxidation sites excluding steroid dienone is 12. The van der Waals surface area contributed by atoms with Crippen molar-refractivity contribution in [3.63, 3.8) is 0 Å². The predicted octanol–water partition coefficient (Wildman–Crippen LogP) is 13.0. The molecule has 0 aromatic carbocycles. The Bertz CT molecular complexity index is 926. The van der Waals surface area contributed by atoms with Gasteiger partial charge in [0.1, 0.15) is 6.61 Å². The summed E-state index contributed by atoms with van der Waals surface area (Å²) in [7, 11) is 0. The average Bonchev–Trinajstić information content (AvgIpc) is 3.12. The van der Waals surface area contributed by atoms with Gasteiger partial charge in [-0.2, -0.15) is 0 Å². The lowest BCUT2D eigenvalue weighted by molar-refractivity contribution is -0.161. The second-order valence-corrected chi connectivity index (χ2v) is 13.3. The Labute approximate surface area is 308 Å². The van der Waals surface area contributed by atoms with Crippen LogP contribution in [0.25, 0.3) is 0 Å². The average molecular weight is 697 g/mol. The van der Waals surface area contributed by atoms with Gasteiger partial charge < -0.3 is 14.6 Å². The van der Waals surface area contributed by atoms with Crippen molar-refractivity contribution in [2.75, 3.05) is 13.2 Å². The summed E-state index contributed by atoms with van der Waals surface area (Å²) in [6.07, 6.45) is 53.8. The molecule has 0 amide bonds. The summed E-state index contributed by atoms with van der Waals surface area (Å²) >= 11 is 0. The van der Waals surface area contributed by atoms with E-state index in [0.717, 1.165) is 83.5 Å². The molecule has 1 atom stereocenters. The lowest BCUT2D eigenvalue weighted by Gasteiger charge is -2.15. The van der Waals surface area contributed by atoms with E-state index in [4.69, 9.17) is 9.47 Å². The molecule has 0 rings (SSSR count). The number of hydrogen-bond acceptors (Lipinski definition) is 5. The van der Waals surface area contributed by atoms with Crippen molar-refractivity contribution >= 4 is 11.9 Å². The molecule has 0 aliphatic heterocycles. The molecule has 1 unspecified atom stereocenters. The topological polar surface area (TPSA) is 72.8 Å². The molecule has 0 aromatic rings. The molecule has 0 aliphatic carbocycles. The van der Waals surface area contributed by atoms with E-state index in [2.05, 4.69) is 86.8 Å². The Balaban J connectivity index is 3.61. The highest BCUT2D eigenvalue weighted by Crippen LogP contribution is 2.12. The highest BCUT2D eigenvalue weighted by atomic mass is 16.6. The van der Waals surface area contributed by atoms with Gasteiger partial charge in [0.25, 0.3) is 0 Å². The van der Waals surface area contributed by atoms with Crippen LogP contribution in [0, 0.1) is 0 Å². The third-order valence-electron chi connectivity index (χ3n) is 8.48. The first-order chi connectivity index (χ1) is 24.6. The molecule has 286 valence electrons. The van der Waals surface area contributed by atoms with Crippen LogP contribution < -0.4 is 0 Å². The Hall–Kier alpha value is -2.66. The highest BCUT2D eigenvalue weighted by Gasteiger charge is 2.16. The second kappa shape index (κ2) is 40.8. The van der Waals surface area contributed by atoms with Crippen molar-refractivity contribution in [2.24, 2.45) is 0 Å². The number of aliphatic hydroxyl groups excluding tert-OH is 1. The minimum atomic E-state index is -0.785. The van der Waals surface area contributed by atoms with Crippen LogP contribution in [0.4, 0.5) is 0 Å². The molecule has 50 heavy (non-hydrogen) atoms. The van der Waals surface area contributed by atoms with E-state index < -0.39 is 6.10 Å². The maximum absolute atomic E-state index is 12.2. The molecule has 0 radical (unpaired) electrons. The van der Waals surface area contributed by atoms with E-state index in [9.17, 15) is 14.7 Å². The monoisotopic (exact) mass is 697 g/mol. The Morgan fingerprint density at radius 3 is 1.30 bits per heavy atom. The molecule has 0 saturated heterocycles. The summed E-state index contributed by atoms with van der Waals surface area (Å²) in [5.41, 5.74) is 0. The quantitative estimate of drug-likeness (QED) is 0.0401. The Kier molecular flexibility index (Phi) is 38.6. The Morgan fingerprint density at radius 2 is 0.860 bits per heavy atom. The van der Waals surface area contributed by atoms with Crippen LogP contribution in [0.2, 0.25) is 0 Å². The zero-order valence-corrected chi connectivity index (χ0v) is 32.4. The van der Waals surface area contributed by atoms with Gasteiger partial charge in [-0.1, -0.05) is 157 Å². The molecule has 0 fully saturated rings. The van der Waals surface area contributed by atoms with Crippen LogP contribution in [-0.4, -0.2) is 36.4 Å². The van der Waals surface area contributed by atoms with Gasteiger partial charge in [0, 0.05) is 12.8 Å². The van der Waals surface area contributed by atoms with Crippen molar-refractivity contribution in [2.45, 2.75) is 187 Å². The van der Waals surface area contributed by atoms with Crippen molar-refractivity contribution in [3.05, 3.63) is 72.9 Å². The smallest absolute Gasteiger partial charge is 0.306 e. The molecular formula is C45H76O5. The van der Waals surface area contributed by atoms with E-state index in [1.165, 1.54) is 70.6 Å². The van der Waals surface area contributed by atoms with Gasteiger partial charge in [-0.15, -0.1) is 0 Å². The lowest BCUT2D eigenvalue weighted by atomic mass is 10.1. The number of hydrogen-bond donors (Lipinski definition) is 1. The van der Waals surface area contributed by atoms with Gasteiger partial charge in [0.2, 0.25) is 0 Å². The minimum absolute atomic E-state index is 0.0793. The van der Waals surface area contributed by atoms with Crippen molar-refractivity contribution in [3.8, 4) is 0 Å². The largest absolute Gasteiger partial charge is 0.462 e. The number of rotatable bonds is 36. The number of unbranched alkanes of at least 4 members (excludes halogenated alkanes) is 16. The lowest BCUT2D eigenvalue weighted by Crippen LogP contribution is -2.28. The van der Waals surface area contributed by atoms with Crippen LogP contribution in [0.15, 0.2) is 72.9 Å². The van der Waals surface area contributed by atoms with Gasteiger partial charge in [-0.25, -0.2) is 0 Å². The summed E-state index contributed by atoms with van der Waals surface area (Å²) in [5, 5.41) is 9.57. The van der Waals surface area contributed by atoms with E-state index in [0.29, 0.717) is 12.8 Å². The summed E-state index contributed by atoms with van der Waals surface area (Å²) in [5.74, 6) is -0.621. The molecule has 5 heteroatoms. The fraction of sp³-hybridized carbons (Fsp3) is 0.689. The number of carbonyl (C=O) groups excluding carboxylic acids is 2. The van der Waals surface area contributed by atoms with Gasteiger partial charge in [-0.05, 0) is 83.5 Å². The first kappa shape index (κ1) is 47.3. The molecule has 0 spiro atoms. The normalized spacial score (nSPS) is 12.9. The number of carbonyl (C=O) groups is 2. The third kappa shape index (κ3) is 38.1. The molecule has 0 aliphatic rings. The van der Waals surface area contributed by atoms with E-state index >= 15 is 0 Å². The summed E-state index contributed by atoms with van der Waals surface area (Å²) < 4.78 is 10.6. The minimum Gasteiger partial charge on any atom is -0.462 e. The van der Waals surface area contributed by atoms with Gasteiger partial charge in [0.05, 0.1) is 6.61 Å². The molecular weight excluding hydrogens is 620 g/mol. The zero-order valence-electron chi connectivity index (χ0n) is 32.4. The fourth-order valence-corrected chi connectivity index (χ4v) is 5.40. The highest BCUT2D eigenvalue weighted by molar-refractivity contribution is 5.70. The van der Waals surface area contributed by atoms with Crippen molar-refractivity contribution in [1.29, 1.82) is 0 Å². The van der Waals surface area contributed by atoms with Crippen LogP contribution in [0.3, 0.4) is 0 Å². The summed E-state index contributed by atoms with van der Waals surface area (Å²) in [6.45, 7) is 3.97. The van der Waals surface area contributed by atoms with Crippen LogP contribution >= 0.6 is 0 Å². The molecule has 1 N–H and O–H groups in total. The summed E-state index contributed by atoms with van der Waals surface area (Å²) in [6, 6.07) is 0. The first-order valence-electron chi connectivity index (χ1n) is 20.5. The SMILES string of the molecule is CC/C=C\C/C=C\C/C=C\C/C=C\CCCCCCCCC(=O)OC(CO)COC(=O)CCCCCCCCC/C=C\C/C=C\CCCCC. The van der Waals surface area contributed by atoms with Crippen molar-refractivity contribution < 1.29 is 24.2 Å². The van der Waals surface area contributed by atoms with E-state index in [1.54, 1.807) is 0 Å². The Morgan fingerprint density at radius 1 is 0.480 bits per heavy atom. The number of esters is 2. The number of ether oxygens (including phenoxy) is 2. The molecule has 5 nitrogen and oxygen atoms in total. The maximum atomic E-state index is 12.2. The summed E-state index contributed by atoms with van der Waals surface area (Å²) in [4.78, 5) is 24.3. The molecule has 0 heterocycles. The molecule has 0 aromatic heterocycles. The standard InChI is InChI=1S/C45H76O5/c1-3-5-7-9-11-13-15-17-19-21-22-24-26-28-30-32-34-36-38-40-45(48)50-43(41-46)42-49-44(47)39-37-35-33-31-29-27-25-23-20-18-16-14-12-10-8-6-4-2/h5,7,11-14,17-20,22,24,43,46H,3-4,6,8-10,15-16,21,23,25-42H2,1-2H3/b7-5-,13-11-,14-12-,19-17-,20-18-,24-22-. The van der Waals surface area contributed by atoms with Gasteiger partial charge in [0.15, 0.2) is 6.10 Å². The van der Waals surface area contributed by atoms with Gasteiger partial charge in [-0.3, -0.25) is 9.59 Å². The zero-order chi connectivity index (χ0) is 36.4. The number of aliphatic hydroxyl groups is 1. The van der Waals surface area contributed by atoms with E-state index in [-0.39, 0.29) is 25.2 Å². The fourth-order valence-electron chi connectivity index (χ4n) is 5.40. The van der Waals surface area contributed by atoms with Crippen LogP contribution in [0.1, 0.15) is 181 Å².